The molecule has 0 aliphatic rings. The molecule has 0 spiro atoms. The topological polar surface area (TPSA) is 73.1 Å². The molecule has 0 aliphatic heterocycles. The fourth-order valence-corrected chi connectivity index (χ4v) is 1.15. The van der Waals surface area contributed by atoms with E-state index >= 15 is 0 Å². The Morgan fingerprint density at radius 2 is 2.38 bits per heavy atom. The minimum absolute atomic E-state index is 0.0396. The standard InChI is InChI=1S/C11H11FN2O2/c1-7(11(15)16)14-6-9-4-2-3-8(5-13)10(9)12/h2-4,7,14H,6H2,1H3,(H,15,16)/t7-/m0/s1. The molecule has 0 bridgehead atoms. The smallest absolute Gasteiger partial charge is 0.320 e. The quantitative estimate of drug-likeness (QED) is 0.804. The second-order valence-electron chi connectivity index (χ2n) is 3.33. The summed E-state index contributed by atoms with van der Waals surface area (Å²) in [5, 5.41) is 19.9. The van der Waals surface area contributed by atoms with E-state index in [0.29, 0.717) is 0 Å². The van der Waals surface area contributed by atoms with Crippen molar-refractivity contribution in [1.29, 1.82) is 5.26 Å². The van der Waals surface area contributed by atoms with Crippen molar-refractivity contribution in [2.75, 3.05) is 0 Å². The Hall–Kier alpha value is -1.93. The molecule has 1 aromatic rings. The van der Waals surface area contributed by atoms with E-state index in [1.54, 1.807) is 12.1 Å². The van der Waals surface area contributed by atoms with E-state index in [0.717, 1.165) is 0 Å². The number of halogens is 1. The van der Waals surface area contributed by atoms with Crippen molar-refractivity contribution in [1.82, 2.24) is 5.32 Å². The van der Waals surface area contributed by atoms with Gasteiger partial charge in [0.05, 0.1) is 5.56 Å². The molecule has 0 aromatic heterocycles. The van der Waals surface area contributed by atoms with Gasteiger partial charge in [-0.2, -0.15) is 5.26 Å². The fourth-order valence-electron chi connectivity index (χ4n) is 1.15. The third kappa shape index (κ3) is 2.78. The van der Waals surface area contributed by atoms with Gasteiger partial charge in [0.15, 0.2) is 0 Å². The van der Waals surface area contributed by atoms with Gasteiger partial charge in [-0.3, -0.25) is 4.79 Å². The first kappa shape index (κ1) is 12.1. The fraction of sp³-hybridized carbons (Fsp3) is 0.273. The molecule has 0 heterocycles. The lowest BCUT2D eigenvalue weighted by Crippen LogP contribution is -2.33. The lowest BCUT2D eigenvalue weighted by molar-refractivity contribution is -0.139. The maximum absolute atomic E-state index is 13.5. The van der Waals surface area contributed by atoms with E-state index in [9.17, 15) is 9.18 Å². The summed E-state index contributed by atoms with van der Waals surface area (Å²) in [6, 6.07) is 5.41. The van der Waals surface area contributed by atoms with Crippen LogP contribution < -0.4 is 5.32 Å². The zero-order chi connectivity index (χ0) is 12.1. The first-order valence-corrected chi connectivity index (χ1v) is 4.70. The molecule has 0 unspecified atom stereocenters. The van der Waals surface area contributed by atoms with Gasteiger partial charge in [-0.05, 0) is 13.0 Å². The molecule has 4 nitrogen and oxygen atoms in total. The van der Waals surface area contributed by atoms with Gasteiger partial charge in [-0.1, -0.05) is 12.1 Å². The van der Waals surface area contributed by atoms with Crippen LogP contribution in [0.5, 0.6) is 0 Å². The summed E-state index contributed by atoms with van der Waals surface area (Å²) in [5.74, 6) is -1.60. The molecule has 1 aromatic carbocycles. The van der Waals surface area contributed by atoms with Crippen LogP contribution in [-0.4, -0.2) is 17.1 Å². The Morgan fingerprint density at radius 3 is 2.94 bits per heavy atom. The molecule has 5 heteroatoms. The van der Waals surface area contributed by atoms with E-state index in [2.05, 4.69) is 5.32 Å². The normalized spacial score (nSPS) is 11.8. The lowest BCUT2D eigenvalue weighted by atomic mass is 10.1. The zero-order valence-electron chi connectivity index (χ0n) is 8.70. The van der Waals surface area contributed by atoms with Gasteiger partial charge >= 0.3 is 5.97 Å². The molecule has 2 N–H and O–H groups in total. The first-order chi connectivity index (χ1) is 7.56. The summed E-state index contributed by atoms with van der Waals surface area (Å²) in [6.45, 7) is 1.54. The van der Waals surface area contributed by atoms with Crippen LogP contribution in [0.3, 0.4) is 0 Å². The number of nitrogens with one attached hydrogen (secondary N) is 1. The van der Waals surface area contributed by atoms with Gasteiger partial charge in [-0.25, -0.2) is 4.39 Å². The summed E-state index contributed by atoms with van der Waals surface area (Å²) < 4.78 is 13.5. The van der Waals surface area contributed by atoms with Gasteiger partial charge in [0.2, 0.25) is 0 Å². The number of nitrogens with zero attached hydrogens (tertiary/aromatic N) is 1. The minimum atomic E-state index is -1.00. The molecule has 0 amide bonds. The van der Waals surface area contributed by atoms with Crippen LogP contribution in [0.1, 0.15) is 18.1 Å². The average Bonchev–Trinajstić information content (AvgIpc) is 2.27. The maximum Gasteiger partial charge on any atom is 0.320 e. The summed E-state index contributed by atoms with van der Waals surface area (Å²) in [7, 11) is 0. The Kier molecular flexibility index (Phi) is 3.97. The van der Waals surface area contributed by atoms with Gasteiger partial charge in [0, 0.05) is 12.1 Å². The highest BCUT2D eigenvalue weighted by Gasteiger charge is 2.12. The van der Waals surface area contributed by atoms with Crippen LogP contribution in [-0.2, 0) is 11.3 Å². The van der Waals surface area contributed by atoms with Crippen LogP contribution in [0.2, 0.25) is 0 Å². The van der Waals surface area contributed by atoms with Crippen molar-refractivity contribution in [3.63, 3.8) is 0 Å². The molecule has 84 valence electrons. The second-order valence-corrected chi connectivity index (χ2v) is 3.33. The average molecular weight is 222 g/mol. The Morgan fingerprint density at radius 1 is 1.69 bits per heavy atom. The summed E-state index contributed by atoms with van der Waals surface area (Å²) >= 11 is 0. The number of rotatable bonds is 4. The Balaban J connectivity index is 2.76. The Labute approximate surface area is 92.3 Å². The SMILES string of the molecule is C[C@H](NCc1cccc(C#N)c1F)C(=O)O. The molecular formula is C11H11FN2O2. The number of carboxylic acids is 1. The number of carbonyl (C=O) groups is 1. The van der Waals surface area contributed by atoms with Crippen LogP contribution in [0.4, 0.5) is 4.39 Å². The lowest BCUT2D eigenvalue weighted by Gasteiger charge is -2.09. The minimum Gasteiger partial charge on any atom is -0.480 e. The van der Waals surface area contributed by atoms with Gasteiger partial charge in [-0.15, -0.1) is 0 Å². The van der Waals surface area contributed by atoms with Crippen LogP contribution in [0.25, 0.3) is 0 Å². The van der Waals surface area contributed by atoms with Crippen molar-refractivity contribution in [3.8, 4) is 6.07 Å². The van der Waals surface area contributed by atoms with Crippen molar-refractivity contribution < 1.29 is 14.3 Å². The number of carboxylic acid groups (broad SMARTS) is 1. The molecule has 1 atom stereocenters. The highest BCUT2D eigenvalue weighted by Crippen LogP contribution is 2.11. The summed E-state index contributed by atoms with van der Waals surface area (Å²) in [6.07, 6.45) is 0. The number of hydrogen-bond acceptors (Lipinski definition) is 3. The number of benzene rings is 1. The third-order valence-corrected chi connectivity index (χ3v) is 2.17. The molecule has 0 saturated carbocycles. The van der Waals surface area contributed by atoms with Crippen LogP contribution in [0.15, 0.2) is 18.2 Å². The van der Waals surface area contributed by atoms with E-state index in [-0.39, 0.29) is 17.7 Å². The largest absolute Gasteiger partial charge is 0.480 e. The van der Waals surface area contributed by atoms with E-state index in [1.807, 2.05) is 0 Å². The monoisotopic (exact) mass is 222 g/mol. The van der Waals surface area contributed by atoms with Crippen LogP contribution >= 0.6 is 0 Å². The van der Waals surface area contributed by atoms with E-state index < -0.39 is 17.8 Å². The number of nitriles is 1. The molecule has 0 fully saturated rings. The van der Waals surface area contributed by atoms with Crippen LogP contribution in [0, 0.1) is 17.1 Å². The molecule has 1 rings (SSSR count). The molecular weight excluding hydrogens is 211 g/mol. The predicted octanol–water partition coefficient (Wildman–Crippen LogP) is 1.26. The van der Waals surface area contributed by atoms with Crippen molar-refractivity contribution in [2.24, 2.45) is 0 Å². The third-order valence-electron chi connectivity index (χ3n) is 2.17. The number of aliphatic carboxylic acids is 1. The highest BCUT2D eigenvalue weighted by molar-refractivity contribution is 5.72. The molecule has 0 saturated heterocycles. The zero-order valence-corrected chi connectivity index (χ0v) is 8.70. The van der Waals surface area contributed by atoms with E-state index in [4.69, 9.17) is 10.4 Å². The maximum atomic E-state index is 13.5. The molecule has 0 radical (unpaired) electrons. The van der Waals surface area contributed by atoms with Gasteiger partial charge in [0.1, 0.15) is 17.9 Å². The van der Waals surface area contributed by atoms with E-state index in [1.165, 1.54) is 19.1 Å². The molecule has 16 heavy (non-hydrogen) atoms. The van der Waals surface area contributed by atoms with Crippen molar-refractivity contribution >= 4 is 5.97 Å². The van der Waals surface area contributed by atoms with Crippen molar-refractivity contribution in [3.05, 3.63) is 35.1 Å². The van der Waals surface area contributed by atoms with Crippen molar-refractivity contribution in [2.45, 2.75) is 19.5 Å². The van der Waals surface area contributed by atoms with Gasteiger partial charge < -0.3 is 10.4 Å². The Bertz CT molecular complexity index is 440. The summed E-state index contributed by atoms with van der Waals surface area (Å²) in [4.78, 5) is 10.5. The number of hydrogen-bond donors (Lipinski definition) is 2. The molecule has 0 aliphatic carbocycles. The first-order valence-electron chi connectivity index (χ1n) is 4.70. The summed E-state index contributed by atoms with van der Waals surface area (Å²) in [5.41, 5.74) is 0.245. The van der Waals surface area contributed by atoms with Gasteiger partial charge in [0.25, 0.3) is 0 Å². The highest BCUT2D eigenvalue weighted by atomic mass is 19.1. The predicted molar refractivity (Wildman–Crippen MR) is 55.1 cm³/mol. The second kappa shape index (κ2) is 5.24.